The van der Waals surface area contributed by atoms with Crippen molar-refractivity contribution in [1.82, 2.24) is 14.9 Å². The van der Waals surface area contributed by atoms with Gasteiger partial charge in [0, 0.05) is 30.0 Å². The van der Waals surface area contributed by atoms with Gasteiger partial charge in [-0.05, 0) is 38.0 Å². The first kappa shape index (κ1) is 18.5. The number of nitrogens with one attached hydrogen (secondary N) is 1. The molecule has 0 saturated heterocycles. The van der Waals surface area contributed by atoms with Crippen molar-refractivity contribution < 1.29 is 9.53 Å². The number of aryl methyl sites for hydroxylation is 1. The van der Waals surface area contributed by atoms with Crippen LogP contribution in [0, 0.1) is 13.8 Å². The Bertz CT molecular complexity index is 879. The van der Waals surface area contributed by atoms with Crippen molar-refractivity contribution in [1.29, 1.82) is 0 Å². The summed E-state index contributed by atoms with van der Waals surface area (Å²) in [6.07, 6.45) is 1.03. The fourth-order valence-corrected chi connectivity index (χ4v) is 4.16. The van der Waals surface area contributed by atoms with E-state index in [1.54, 1.807) is 18.6 Å². The molecular weight excluding hydrogens is 350 g/mol. The first-order valence-corrected chi connectivity index (χ1v) is 9.60. The van der Waals surface area contributed by atoms with Gasteiger partial charge in [0.15, 0.2) is 5.16 Å². The van der Waals surface area contributed by atoms with E-state index in [1.165, 1.54) is 11.8 Å². The van der Waals surface area contributed by atoms with Gasteiger partial charge in [-0.1, -0.05) is 23.9 Å². The second kappa shape index (κ2) is 7.95. The van der Waals surface area contributed by atoms with Crippen LogP contribution >= 0.6 is 11.8 Å². The number of rotatable bonds is 6. The zero-order valence-corrected chi connectivity index (χ0v) is 16.1. The highest BCUT2D eigenvalue weighted by Gasteiger charge is 2.28. The Labute approximate surface area is 157 Å². The quantitative estimate of drug-likeness (QED) is 0.787. The lowest BCUT2D eigenvalue weighted by atomic mass is 10.1. The average molecular weight is 373 g/mol. The number of nitrogens with zero attached hydrogens (tertiary/aromatic N) is 2. The van der Waals surface area contributed by atoms with Crippen LogP contribution in [0.1, 0.15) is 29.3 Å². The Morgan fingerprint density at radius 1 is 1.42 bits per heavy atom. The lowest BCUT2D eigenvalue weighted by Crippen LogP contribution is -2.32. The van der Waals surface area contributed by atoms with E-state index in [0.29, 0.717) is 29.4 Å². The molecule has 0 fully saturated rings. The van der Waals surface area contributed by atoms with Gasteiger partial charge >= 0.3 is 0 Å². The van der Waals surface area contributed by atoms with Crippen LogP contribution in [0.2, 0.25) is 0 Å². The molecule has 2 aromatic rings. The molecule has 1 aliphatic rings. The Hall–Kier alpha value is -2.28. The number of aromatic nitrogens is 2. The monoisotopic (exact) mass is 373 g/mol. The summed E-state index contributed by atoms with van der Waals surface area (Å²) in [5.74, 6) is 1.47. The summed E-state index contributed by atoms with van der Waals surface area (Å²) in [5.41, 5.74) is 2.49. The van der Waals surface area contributed by atoms with Crippen molar-refractivity contribution in [2.45, 2.75) is 37.9 Å². The molecule has 138 valence electrons. The Kier molecular flexibility index (Phi) is 5.66. The summed E-state index contributed by atoms with van der Waals surface area (Å²) < 4.78 is 6.88. The molecule has 0 aliphatic carbocycles. The predicted octanol–water partition coefficient (Wildman–Crippen LogP) is 2.26. The molecule has 6 nitrogen and oxygen atoms in total. The smallest absolute Gasteiger partial charge is 0.257 e. The summed E-state index contributed by atoms with van der Waals surface area (Å²) in [5, 5.41) is 3.66. The summed E-state index contributed by atoms with van der Waals surface area (Å²) in [7, 11) is 1.64. The van der Waals surface area contributed by atoms with Crippen LogP contribution in [0.25, 0.3) is 0 Å². The minimum absolute atomic E-state index is 0.0355. The van der Waals surface area contributed by atoms with E-state index in [0.717, 1.165) is 23.4 Å². The molecule has 2 heterocycles. The van der Waals surface area contributed by atoms with Crippen molar-refractivity contribution in [3.05, 3.63) is 51.4 Å². The highest BCUT2D eigenvalue weighted by atomic mass is 32.2. The number of hydrogen-bond acceptors (Lipinski definition) is 5. The van der Waals surface area contributed by atoms with Gasteiger partial charge < -0.3 is 10.1 Å². The summed E-state index contributed by atoms with van der Waals surface area (Å²) in [6.45, 7) is 4.18. The second-order valence-corrected chi connectivity index (χ2v) is 7.39. The van der Waals surface area contributed by atoms with Crippen molar-refractivity contribution in [2.75, 3.05) is 19.4 Å². The maximum Gasteiger partial charge on any atom is 0.257 e. The van der Waals surface area contributed by atoms with E-state index in [-0.39, 0.29) is 17.5 Å². The molecule has 1 N–H and O–H groups in total. The second-order valence-electron chi connectivity index (χ2n) is 6.40. The number of thioether (sulfide) groups is 1. The van der Waals surface area contributed by atoms with Crippen LogP contribution in [0.5, 0.6) is 5.75 Å². The molecule has 0 radical (unpaired) electrons. The number of fused-ring (bicyclic) bond motifs is 1. The lowest BCUT2D eigenvalue weighted by Gasteiger charge is -2.14. The maximum atomic E-state index is 12.5. The minimum Gasteiger partial charge on any atom is -0.497 e. The van der Waals surface area contributed by atoms with Gasteiger partial charge in [0.1, 0.15) is 5.75 Å². The molecule has 7 heteroatoms. The van der Waals surface area contributed by atoms with Gasteiger partial charge in [0.2, 0.25) is 5.91 Å². The van der Waals surface area contributed by atoms with Crippen molar-refractivity contribution >= 4 is 17.7 Å². The highest BCUT2D eigenvalue weighted by Crippen LogP contribution is 2.32. The topological polar surface area (TPSA) is 73.2 Å². The van der Waals surface area contributed by atoms with E-state index in [1.807, 2.05) is 31.2 Å². The number of carbonyl (C=O) groups excluding carboxylic acids is 1. The van der Waals surface area contributed by atoms with E-state index >= 15 is 0 Å². The minimum atomic E-state index is -0.133. The zero-order valence-electron chi connectivity index (χ0n) is 15.2. The Morgan fingerprint density at radius 3 is 3.00 bits per heavy atom. The Balaban J connectivity index is 1.57. The van der Waals surface area contributed by atoms with Gasteiger partial charge in [-0.15, -0.1) is 0 Å². The van der Waals surface area contributed by atoms with E-state index in [2.05, 4.69) is 10.3 Å². The fraction of sp³-hybridized carbons (Fsp3) is 0.421. The van der Waals surface area contributed by atoms with Gasteiger partial charge in [0.25, 0.3) is 5.56 Å². The number of hydrogen-bond donors (Lipinski definition) is 1. The summed E-state index contributed by atoms with van der Waals surface area (Å²) in [6, 6.07) is 7.67. The zero-order chi connectivity index (χ0) is 18.7. The molecule has 1 aromatic carbocycles. The van der Waals surface area contributed by atoms with Crippen molar-refractivity contribution in [3.63, 3.8) is 0 Å². The molecule has 1 aliphatic heterocycles. The van der Waals surface area contributed by atoms with Crippen molar-refractivity contribution in [3.8, 4) is 5.75 Å². The summed E-state index contributed by atoms with van der Waals surface area (Å²) >= 11 is 1.54. The molecule has 1 amide bonds. The molecule has 0 spiro atoms. The van der Waals surface area contributed by atoms with Crippen LogP contribution in [-0.2, 0) is 11.2 Å². The third-order valence-corrected chi connectivity index (χ3v) is 5.71. The lowest BCUT2D eigenvalue weighted by molar-refractivity contribution is -0.121. The van der Waals surface area contributed by atoms with Crippen LogP contribution in [0.4, 0.5) is 0 Å². The maximum absolute atomic E-state index is 12.5. The number of amides is 1. The number of benzene rings is 1. The van der Waals surface area contributed by atoms with Gasteiger partial charge in [-0.25, -0.2) is 4.98 Å². The first-order chi connectivity index (χ1) is 12.5. The number of ether oxygens (including phenoxy) is 1. The van der Waals surface area contributed by atoms with Crippen LogP contribution < -0.4 is 15.6 Å². The van der Waals surface area contributed by atoms with E-state index < -0.39 is 0 Å². The molecule has 1 atom stereocenters. The van der Waals surface area contributed by atoms with E-state index in [9.17, 15) is 9.59 Å². The van der Waals surface area contributed by atoms with Crippen LogP contribution in [0.15, 0.2) is 34.2 Å². The average Bonchev–Trinajstić information content (AvgIpc) is 3.02. The SMILES string of the molecule is COc1cccc(CCNC(=O)CC2CSc3nc(C)c(C)c(=O)n32)c1. The van der Waals surface area contributed by atoms with Gasteiger partial charge in [-0.2, -0.15) is 0 Å². The van der Waals surface area contributed by atoms with Gasteiger partial charge in [0.05, 0.1) is 13.2 Å². The molecule has 1 unspecified atom stereocenters. The largest absolute Gasteiger partial charge is 0.497 e. The highest BCUT2D eigenvalue weighted by molar-refractivity contribution is 7.99. The van der Waals surface area contributed by atoms with Crippen molar-refractivity contribution in [2.24, 2.45) is 0 Å². The normalized spacial score (nSPS) is 15.6. The Morgan fingerprint density at radius 2 is 2.23 bits per heavy atom. The van der Waals surface area contributed by atoms with Crippen LogP contribution in [0.3, 0.4) is 0 Å². The molecule has 1 aromatic heterocycles. The standard InChI is InChI=1S/C19H23N3O3S/c1-12-13(2)21-19-22(18(12)24)15(11-26-19)10-17(23)20-8-7-14-5-4-6-16(9-14)25-3/h4-6,9,15H,7-8,10-11H2,1-3H3,(H,20,23). The third-order valence-electron chi connectivity index (χ3n) is 4.61. The number of carbonyl (C=O) groups is 1. The number of methoxy groups -OCH3 is 1. The summed E-state index contributed by atoms with van der Waals surface area (Å²) in [4.78, 5) is 29.3. The van der Waals surface area contributed by atoms with Gasteiger partial charge in [-0.3, -0.25) is 14.2 Å². The van der Waals surface area contributed by atoms with E-state index in [4.69, 9.17) is 4.74 Å². The molecule has 0 saturated carbocycles. The third kappa shape index (κ3) is 3.93. The molecule has 26 heavy (non-hydrogen) atoms. The molecular formula is C19H23N3O3S. The van der Waals surface area contributed by atoms with Crippen LogP contribution in [-0.4, -0.2) is 34.9 Å². The molecule has 0 bridgehead atoms. The first-order valence-electron chi connectivity index (χ1n) is 8.61. The predicted molar refractivity (Wildman–Crippen MR) is 102 cm³/mol. The molecule has 3 rings (SSSR count). The fourth-order valence-electron chi connectivity index (χ4n) is 2.98.